The molecule has 6 atom stereocenters. The van der Waals surface area contributed by atoms with Crippen molar-refractivity contribution in [3.63, 3.8) is 0 Å². The molecule has 2 N–H and O–H groups in total. The van der Waals surface area contributed by atoms with E-state index >= 15 is 0 Å². The zero-order chi connectivity index (χ0) is 16.4. The molecule has 3 heteroatoms. The summed E-state index contributed by atoms with van der Waals surface area (Å²) in [5.41, 5.74) is 1.98. The summed E-state index contributed by atoms with van der Waals surface area (Å²) in [4.78, 5) is 12.1. The summed E-state index contributed by atoms with van der Waals surface area (Å²) >= 11 is 0. The number of allylic oxidation sites excluding steroid dienone is 2. The lowest BCUT2D eigenvalue weighted by molar-refractivity contribution is -0.113. The Bertz CT molecular complexity index is 604. The maximum absolute atomic E-state index is 12.1. The number of carbonyl (C=O) groups is 1. The molecule has 0 heterocycles. The van der Waals surface area contributed by atoms with Gasteiger partial charge in [0.25, 0.3) is 0 Å². The second kappa shape index (κ2) is 4.95. The molecule has 3 saturated carbocycles. The summed E-state index contributed by atoms with van der Waals surface area (Å²) in [6.45, 7) is 4.60. The van der Waals surface area contributed by atoms with Gasteiger partial charge < -0.3 is 10.2 Å². The predicted molar refractivity (Wildman–Crippen MR) is 88.8 cm³/mol. The van der Waals surface area contributed by atoms with Crippen molar-refractivity contribution in [3.05, 3.63) is 23.5 Å². The first kappa shape index (κ1) is 15.4. The summed E-state index contributed by atoms with van der Waals surface area (Å²) in [6.07, 6.45) is 9.86. The third kappa shape index (κ3) is 1.95. The number of fused-ring (bicyclic) bond motifs is 5. The van der Waals surface area contributed by atoms with Gasteiger partial charge in [-0.3, -0.25) is 4.79 Å². The van der Waals surface area contributed by atoms with Crippen LogP contribution in [0.4, 0.5) is 0 Å². The number of hydrogen-bond acceptors (Lipinski definition) is 3. The minimum Gasteiger partial charge on any atom is -0.515 e. The highest BCUT2D eigenvalue weighted by atomic mass is 16.3. The highest BCUT2D eigenvalue weighted by Crippen LogP contribution is 2.65. The summed E-state index contributed by atoms with van der Waals surface area (Å²) in [7, 11) is 0. The second-order valence-electron chi connectivity index (χ2n) is 8.84. The largest absolute Gasteiger partial charge is 0.515 e. The normalized spacial score (nSPS) is 51.0. The first-order chi connectivity index (χ1) is 10.9. The molecule has 4 aliphatic rings. The van der Waals surface area contributed by atoms with Crippen molar-refractivity contribution in [1.82, 2.24) is 0 Å². The van der Waals surface area contributed by atoms with E-state index in [4.69, 9.17) is 0 Å². The summed E-state index contributed by atoms with van der Waals surface area (Å²) < 4.78 is 0. The SMILES string of the molecule is CC12C/C(=C/O)C(=O)C=C1CCC1C2CCC2(C)C(O)CCC12. The fourth-order valence-corrected chi connectivity index (χ4v) is 6.62. The molecule has 0 aromatic rings. The van der Waals surface area contributed by atoms with Gasteiger partial charge in [-0.15, -0.1) is 0 Å². The van der Waals surface area contributed by atoms with Crippen LogP contribution in [0.5, 0.6) is 0 Å². The van der Waals surface area contributed by atoms with Gasteiger partial charge in [0.1, 0.15) is 0 Å². The Balaban J connectivity index is 1.71. The van der Waals surface area contributed by atoms with Crippen LogP contribution in [-0.2, 0) is 4.79 Å². The molecule has 0 amide bonds. The van der Waals surface area contributed by atoms with Crippen molar-refractivity contribution >= 4 is 5.78 Å². The van der Waals surface area contributed by atoms with Gasteiger partial charge in [-0.25, -0.2) is 0 Å². The van der Waals surface area contributed by atoms with Gasteiger partial charge in [0.2, 0.25) is 0 Å². The Morgan fingerprint density at radius 3 is 2.70 bits per heavy atom. The van der Waals surface area contributed by atoms with E-state index in [1.165, 1.54) is 5.57 Å². The van der Waals surface area contributed by atoms with Crippen LogP contribution in [0.25, 0.3) is 0 Å². The first-order valence-corrected chi connectivity index (χ1v) is 9.17. The summed E-state index contributed by atoms with van der Waals surface area (Å²) in [5, 5.41) is 19.9. The molecule has 4 rings (SSSR count). The van der Waals surface area contributed by atoms with E-state index in [1.54, 1.807) is 6.08 Å². The molecular formula is C20H28O3. The molecule has 0 radical (unpaired) electrons. The number of rotatable bonds is 0. The molecule has 3 nitrogen and oxygen atoms in total. The molecule has 126 valence electrons. The minimum atomic E-state index is -0.140. The third-order valence-corrected chi connectivity index (χ3v) is 8.02. The van der Waals surface area contributed by atoms with Crippen LogP contribution in [0.3, 0.4) is 0 Å². The lowest BCUT2D eigenvalue weighted by atomic mass is 9.47. The third-order valence-electron chi connectivity index (χ3n) is 8.02. The Morgan fingerprint density at radius 1 is 1.17 bits per heavy atom. The lowest BCUT2D eigenvalue weighted by Crippen LogP contribution is -2.51. The van der Waals surface area contributed by atoms with Gasteiger partial charge in [0.05, 0.1) is 12.4 Å². The Hall–Kier alpha value is -1.09. The average Bonchev–Trinajstić information content (AvgIpc) is 2.83. The van der Waals surface area contributed by atoms with Crippen LogP contribution < -0.4 is 0 Å². The monoisotopic (exact) mass is 316 g/mol. The molecule has 0 aromatic carbocycles. The number of hydrogen-bond donors (Lipinski definition) is 2. The maximum atomic E-state index is 12.1. The van der Waals surface area contributed by atoms with E-state index < -0.39 is 0 Å². The molecule has 0 aromatic heterocycles. The highest BCUT2D eigenvalue weighted by Gasteiger charge is 2.59. The first-order valence-electron chi connectivity index (χ1n) is 9.17. The molecule has 0 aliphatic heterocycles. The van der Waals surface area contributed by atoms with Gasteiger partial charge >= 0.3 is 0 Å². The van der Waals surface area contributed by atoms with Crippen LogP contribution in [0.2, 0.25) is 0 Å². The zero-order valence-corrected chi connectivity index (χ0v) is 14.2. The number of aliphatic hydroxyl groups excluding tert-OH is 2. The zero-order valence-electron chi connectivity index (χ0n) is 14.2. The van der Waals surface area contributed by atoms with Gasteiger partial charge in [0, 0.05) is 5.57 Å². The predicted octanol–water partition coefficient (Wildman–Crippen LogP) is 3.93. The topological polar surface area (TPSA) is 57.5 Å². The van der Waals surface area contributed by atoms with Crippen LogP contribution in [-0.4, -0.2) is 22.1 Å². The van der Waals surface area contributed by atoms with E-state index in [0.717, 1.165) is 44.8 Å². The average molecular weight is 316 g/mol. The molecule has 0 spiro atoms. The molecule has 23 heavy (non-hydrogen) atoms. The van der Waals surface area contributed by atoms with E-state index in [2.05, 4.69) is 13.8 Å². The summed E-state index contributed by atoms with van der Waals surface area (Å²) in [5.74, 6) is 1.85. The fourth-order valence-electron chi connectivity index (χ4n) is 6.62. The van der Waals surface area contributed by atoms with E-state index in [0.29, 0.717) is 29.7 Å². The Labute approximate surface area is 138 Å². The number of aliphatic hydroxyl groups is 2. The molecule has 0 saturated heterocycles. The maximum Gasteiger partial charge on any atom is 0.184 e. The van der Waals surface area contributed by atoms with E-state index in [9.17, 15) is 15.0 Å². The quantitative estimate of drug-likeness (QED) is 0.526. The highest BCUT2D eigenvalue weighted by molar-refractivity contribution is 6.05. The van der Waals surface area contributed by atoms with Crippen molar-refractivity contribution in [1.29, 1.82) is 0 Å². The molecule has 0 bridgehead atoms. The van der Waals surface area contributed by atoms with Crippen molar-refractivity contribution in [3.8, 4) is 0 Å². The molecule has 3 fully saturated rings. The van der Waals surface area contributed by atoms with Crippen LogP contribution >= 0.6 is 0 Å². The van der Waals surface area contributed by atoms with Crippen molar-refractivity contribution in [2.45, 2.75) is 64.9 Å². The Kier molecular flexibility index (Phi) is 3.32. The fraction of sp³-hybridized carbons (Fsp3) is 0.750. The van der Waals surface area contributed by atoms with Crippen molar-refractivity contribution in [2.75, 3.05) is 0 Å². The molecular weight excluding hydrogens is 288 g/mol. The van der Waals surface area contributed by atoms with Crippen molar-refractivity contribution in [2.24, 2.45) is 28.6 Å². The molecule has 6 unspecified atom stereocenters. The lowest BCUT2D eigenvalue weighted by Gasteiger charge is -2.57. The van der Waals surface area contributed by atoms with E-state index in [-0.39, 0.29) is 22.7 Å². The summed E-state index contributed by atoms with van der Waals surface area (Å²) in [6, 6.07) is 0. The van der Waals surface area contributed by atoms with Crippen LogP contribution in [0, 0.1) is 28.6 Å². The standard InChI is InChI=1S/C20H28O3/c1-19-8-7-16-14(15(19)5-6-18(19)23)4-3-13-9-17(22)12(11-21)10-20(13,16)2/h9,11,14-16,18,21,23H,3-8,10H2,1-2H3/b12-11-. The van der Waals surface area contributed by atoms with Crippen LogP contribution in [0.1, 0.15) is 58.8 Å². The van der Waals surface area contributed by atoms with Gasteiger partial charge in [-0.05, 0) is 79.6 Å². The second-order valence-corrected chi connectivity index (χ2v) is 8.84. The van der Waals surface area contributed by atoms with Crippen molar-refractivity contribution < 1.29 is 15.0 Å². The molecule has 4 aliphatic carbocycles. The smallest absolute Gasteiger partial charge is 0.184 e. The number of carbonyl (C=O) groups excluding carboxylic acids is 1. The van der Waals surface area contributed by atoms with Gasteiger partial charge in [-0.2, -0.15) is 0 Å². The number of ketones is 1. The van der Waals surface area contributed by atoms with Crippen LogP contribution in [0.15, 0.2) is 23.5 Å². The minimum absolute atomic E-state index is 0.00430. The Morgan fingerprint density at radius 2 is 1.96 bits per heavy atom. The van der Waals surface area contributed by atoms with E-state index in [1.807, 2.05) is 0 Å². The van der Waals surface area contributed by atoms with Gasteiger partial charge in [0.15, 0.2) is 5.78 Å². The van der Waals surface area contributed by atoms with Gasteiger partial charge in [-0.1, -0.05) is 19.4 Å².